The highest BCUT2D eigenvalue weighted by Crippen LogP contribution is 2.27. The van der Waals surface area contributed by atoms with Gasteiger partial charge in [0, 0.05) is 30.4 Å². The van der Waals surface area contributed by atoms with Crippen LogP contribution in [0.3, 0.4) is 0 Å². The van der Waals surface area contributed by atoms with Gasteiger partial charge in [0.25, 0.3) is 0 Å². The van der Waals surface area contributed by atoms with Crippen LogP contribution in [0.25, 0.3) is 4.96 Å². The number of rotatable bonds is 5. The third-order valence-corrected chi connectivity index (χ3v) is 3.61. The van der Waals surface area contributed by atoms with Crippen molar-refractivity contribution in [2.24, 2.45) is 0 Å². The lowest BCUT2D eigenvalue weighted by atomic mass is 10.3. The second-order valence-electron chi connectivity index (χ2n) is 4.75. The van der Waals surface area contributed by atoms with Gasteiger partial charge in [0.1, 0.15) is 11.4 Å². The minimum absolute atomic E-state index is 0.408. The van der Waals surface area contributed by atoms with E-state index in [1.54, 1.807) is 23.7 Å². The van der Waals surface area contributed by atoms with Crippen molar-refractivity contribution in [2.45, 2.75) is 26.4 Å². The number of pyridine rings is 1. The summed E-state index contributed by atoms with van der Waals surface area (Å²) in [4.78, 5) is 9.53. The first-order valence-corrected chi connectivity index (χ1v) is 7.37. The Labute approximate surface area is 121 Å². The fourth-order valence-corrected chi connectivity index (χ4v) is 2.60. The maximum Gasteiger partial charge on any atom is 0.243 e. The Morgan fingerprint density at radius 2 is 2.35 bits per heavy atom. The summed E-state index contributed by atoms with van der Waals surface area (Å²) in [7, 11) is 0. The van der Waals surface area contributed by atoms with Gasteiger partial charge in [-0.25, -0.2) is 0 Å². The molecule has 0 aliphatic carbocycles. The van der Waals surface area contributed by atoms with Crippen LogP contribution in [0.15, 0.2) is 36.1 Å². The van der Waals surface area contributed by atoms with E-state index in [-0.39, 0.29) is 0 Å². The van der Waals surface area contributed by atoms with E-state index in [4.69, 9.17) is 4.74 Å². The van der Waals surface area contributed by atoms with Crippen molar-refractivity contribution in [3.8, 4) is 11.6 Å². The predicted molar refractivity (Wildman–Crippen MR) is 79.4 cm³/mol. The van der Waals surface area contributed by atoms with Crippen LogP contribution in [0.1, 0.15) is 19.5 Å². The van der Waals surface area contributed by atoms with Crippen molar-refractivity contribution in [3.05, 3.63) is 41.8 Å². The van der Waals surface area contributed by atoms with Crippen LogP contribution in [0, 0.1) is 0 Å². The zero-order chi connectivity index (χ0) is 13.9. The van der Waals surface area contributed by atoms with Gasteiger partial charge in [0.15, 0.2) is 4.96 Å². The quantitative estimate of drug-likeness (QED) is 0.784. The molecule has 0 unspecified atom stereocenters. The minimum Gasteiger partial charge on any atom is -0.436 e. The fourth-order valence-electron chi connectivity index (χ4n) is 1.88. The monoisotopic (exact) mass is 288 g/mol. The van der Waals surface area contributed by atoms with E-state index in [0.717, 1.165) is 10.7 Å². The molecule has 0 fully saturated rings. The van der Waals surface area contributed by atoms with Gasteiger partial charge >= 0.3 is 0 Å². The molecule has 3 heterocycles. The van der Waals surface area contributed by atoms with E-state index in [0.29, 0.717) is 24.2 Å². The van der Waals surface area contributed by atoms with Gasteiger partial charge < -0.3 is 10.1 Å². The zero-order valence-electron chi connectivity index (χ0n) is 11.4. The summed E-state index contributed by atoms with van der Waals surface area (Å²) < 4.78 is 7.92. The third kappa shape index (κ3) is 2.66. The summed E-state index contributed by atoms with van der Waals surface area (Å²) in [6, 6.07) is 4.13. The van der Waals surface area contributed by atoms with Gasteiger partial charge in [-0.2, -0.15) is 4.98 Å². The molecule has 1 N–H and O–H groups in total. The molecule has 0 saturated heterocycles. The van der Waals surface area contributed by atoms with E-state index in [1.165, 1.54) is 0 Å². The highest BCUT2D eigenvalue weighted by Gasteiger charge is 2.15. The molecule has 0 aliphatic heterocycles. The lowest BCUT2D eigenvalue weighted by molar-refractivity contribution is 0.450. The highest BCUT2D eigenvalue weighted by molar-refractivity contribution is 7.15. The zero-order valence-corrected chi connectivity index (χ0v) is 12.2. The van der Waals surface area contributed by atoms with Crippen molar-refractivity contribution in [2.75, 3.05) is 0 Å². The number of aromatic nitrogens is 3. The number of nitrogens with one attached hydrogen (secondary N) is 1. The maximum absolute atomic E-state index is 5.86. The largest absolute Gasteiger partial charge is 0.436 e. The smallest absolute Gasteiger partial charge is 0.243 e. The Hall–Kier alpha value is -1.92. The van der Waals surface area contributed by atoms with Gasteiger partial charge in [-0.05, 0) is 12.1 Å². The Morgan fingerprint density at radius 3 is 3.10 bits per heavy atom. The summed E-state index contributed by atoms with van der Waals surface area (Å²) in [5.74, 6) is 1.34. The van der Waals surface area contributed by atoms with Crippen LogP contribution in [0.2, 0.25) is 0 Å². The van der Waals surface area contributed by atoms with Crippen LogP contribution < -0.4 is 10.1 Å². The summed E-state index contributed by atoms with van der Waals surface area (Å²) in [5.41, 5.74) is 1.03. The standard InChI is InChI=1S/C14H16N4OS/c1-10(2)16-9-12-13(17-14-18(12)6-7-20-14)19-11-4-3-5-15-8-11/h3-8,10,16H,9H2,1-2H3. The van der Waals surface area contributed by atoms with E-state index >= 15 is 0 Å². The number of nitrogens with zero attached hydrogens (tertiary/aromatic N) is 3. The molecular weight excluding hydrogens is 272 g/mol. The minimum atomic E-state index is 0.408. The summed E-state index contributed by atoms with van der Waals surface area (Å²) in [6.07, 6.45) is 5.42. The first-order valence-electron chi connectivity index (χ1n) is 6.49. The van der Waals surface area contributed by atoms with Crippen LogP contribution in [-0.2, 0) is 6.54 Å². The van der Waals surface area contributed by atoms with Crippen molar-refractivity contribution in [3.63, 3.8) is 0 Å². The SMILES string of the molecule is CC(C)NCc1c(Oc2cccnc2)nc2sccn12. The molecule has 5 nitrogen and oxygen atoms in total. The van der Waals surface area contributed by atoms with Gasteiger partial charge in [-0.1, -0.05) is 13.8 Å². The average molecular weight is 288 g/mol. The van der Waals surface area contributed by atoms with Crippen molar-refractivity contribution >= 4 is 16.3 Å². The molecule has 0 atom stereocenters. The third-order valence-electron chi connectivity index (χ3n) is 2.85. The molecule has 0 spiro atoms. The van der Waals surface area contributed by atoms with Crippen LogP contribution in [0.5, 0.6) is 11.6 Å². The van der Waals surface area contributed by atoms with E-state index in [1.807, 2.05) is 23.7 Å². The fraction of sp³-hybridized carbons (Fsp3) is 0.286. The summed E-state index contributed by atoms with van der Waals surface area (Å²) in [5, 5.41) is 5.43. The number of hydrogen-bond acceptors (Lipinski definition) is 5. The summed E-state index contributed by atoms with van der Waals surface area (Å²) >= 11 is 1.60. The number of fused-ring (bicyclic) bond motifs is 1. The van der Waals surface area contributed by atoms with Crippen molar-refractivity contribution in [1.29, 1.82) is 0 Å². The molecule has 104 valence electrons. The number of ether oxygens (including phenoxy) is 1. The molecule has 6 heteroatoms. The summed E-state index contributed by atoms with van der Waals surface area (Å²) in [6.45, 7) is 4.95. The molecule has 20 heavy (non-hydrogen) atoms. The lowest BCUT2D eigenvalue weighted by Gasteiger charge is -2.09. The average Bonchev–Trinajstić information content (AvgIpc) is 2.99. The molecule has 3 aromatic heterocycles. The lowest BCUT2D eigenvalue weighted by Crippen LogP contribution is -2.22. The van der Waals surface area contributed by atoms with Crippen molar-refractivity contribution < 1.29 is 4.74 Å². The molecule has 0 bridgehead atoms. The van der Waals surface area contributed by atoms with E-state index in [9.17, 15) is 0 Å². The van der Waals surface area contributed by atoms with Gasteiger partial charge in [0.05, 0.1) is 6.20 Å². The second kappa shape index (κ2) is 5.60. The normalized spacial score (nSPS) is 11.3. The van der Waals surface area contributed by atoms with Crippen molar-refractivity contribution in [1.82, 2.24) is 19.7 Å². The molecule has 0 saturated carbocycles. The second-order valence-corrected chi connectivity index (χ2v) is 5.62. The van der Waals surface area contributed by atoms with Gasteiger partial charge in [0.2, 0.25) is 5.88 Å². The van der Waals surface area contributed by atoms with E-state index < -0.39 is 0 Å². The molecular formula is C14H16N4OS. The first kappa shape index (κ1) is 13.1. The number of imidazole rings is 1. The van der Waals surface area contributed by atoms with E-state index in [2.05, 4.69) is 33.5 Å². The molecule has 0 amide bonds. The molecule has 3 rings (SSSR count). The van der Waals surface area contributed by atoms with Gasteiger partial charge in [-0.15, -0.1) is 11.3 Å². The van der Waals surface area contributed by atoms with Crippen LogP contribution >= 0.6 is 11.3 Å². The predicted octanol–water partition coefficient (Wildman–Crippen LogP) is 3.08. The number of thiazole rings is 1. The molecule has 3 aromatic rings. The maximum atomic E-state index is 5.86. The van der Waals surface area contributed by atoms with Crippen LogP contribution in [0.4, 0.5) is 0 Å². The van der Waals surface area contributed by atoms with Gasteiger partial charge in [-0.3, -0.25) is 9.38 Å². The Kier molecular flexibility index (Phi) is 3.66. The Morgan fingerprint density at radius 1 is 1.45 bits per heavy atom. The highest BCUT2D eigenvalue weighted by atomic mass is 32.1. The Bertz CT molecular complexity index is 690. The Balaban J connectivity index is 1.92. The molecule has 0 aromatic carbocycles. The first-order chi connectivity index (χ1) is 9.74. The number of hydrogen-bond donors (Lipinski definition) is 1. The topological polar surface area (TPSA) is 51.5 Å². The molecule has 0 radical (unpaired) electrons. The van der Waals surface area contributed by atoms with Crippen LogP contribution in [-0.4, -0.2) is 20.4 Å². The molecule has 0 aliphatic rings.